The summed E-state index contributed by atoms with van der Waals surface area (Å²) in [5.41, 5.74) is 1.03. The highest BCUT2D eigenvalue weighted by molar-refractivity contribution is 5.98. The van der Waals surface area contributed by atoms with Crippen LogP contribution in [0.3, 0.4) is 0 Å². The van der Waals surface area contributed by atoms with E-state index in [0.717, 1.165) is 35.3 Å². The highest BCUT2D eigenvalue weighted by Crippen LogP contribution is 2.55. The van der Waals surface area contributed by atoms with Gasteiger partial charge in [0.1, 0.15) is 11.4 Å². The van der Waals surface area contributed by atoms with E-state index in [-0.39, 0.29) is 33.9 Å². The molecule has 1 aliphatic rings. The average molecular weight is 511 g/mol. The van der Waals surface area contributed by atoms with Gasteiger partial charge < -0.3 is 20.9 Å². The van der Waals surface area contributed by atoms with E-state index >= 15 is 0 Å². The fraction of sp³-hybridized carbons (Fsp3) is 0.348. The van der Waals surface area contributed by atoms with Crippen molar-refractivity contribution in [1.82, 2.24) is 20.1 Å². The molecule has 8 nitrogen and oxygen atoms in total. The van der Waals surface area contributed by atoms with E-state index in [2.05, 4.69) is 15.4 Å². The minimum Gasteiger partial charge on any atom is -0.493 e. The van der Waals surface area contributed by atoms with Gasteiger partial charge in [0.2, 0.25) is 5.95 Å². The van der Waals surface area contributed by atoms with Crippen LogP contribution in [0.5, 0.6) is 5.75 Å². The Morgan fingerprint density at radius 1 is 1.22 bits per heavy atom. The van der Waals surface area contributed by atoms with E-state index in [1.54, 1.807) is 0 Å². The number of hydrogen-bond acceptors (Lipinski definition) is 6. The molecule has 2 aromatic heterocycles. The summed E-state index contributed by atoms with van der Waals surface area (Å²) in [5.74, 6) is -3.18. The molecule has 0 fully saturated rings. The number of nitrogens with two attached hydrogens (primary N) is 1. The number of pyridine rings is 1. The summed E-state index contributed by atoms with van der Waals surface area (Å²) >= 11 is 0. The van der Waals surface area contributed by atoms with Crippen molar-refractivity contribution >= 4 is 11.7 Å². The molecule has 0 saturated heterocycles. The van der Waals surface area contributed by atoms with Crippen LogP contribution in [0.2, 0.25) is 0 Å². The van der Waals surface area contributed by atoms with Gasteiger partial charge >= 0.3 is 6.18 Å². The third-order valence-corrected chi connectivity index (χ3v) is 6.30. The van der Waals surface area contributed by atoms with Crippen molar-refractivity contribution in [2.45, 2.75) is 43.5 Å². The summed E-state index contributed by atoms with van der Waals surface area (Å²) in [6.07, 6.45) is -3.95. The summed E-state index contributed by atoms with van der Waals surface area (Å²) in [7, 11) is 1.17. The topological polar surface area (TPSA) is 115 Å². The molecule has 3 aromatic rings. The molecular weight excluding hydrogens is 489 g/mol. The Hall–Kier alpha value is -3.74. The Labute approximate surface area is 201 Å². The number of hydrogen-bond donors (Lipinski definition) is 3. The number of methoxy groups -OCH3 is 1. The second-order valence-corrected chi connectivity index (χ2v) is 9.13. The van der Waals surface area contributed by atoms with Gasteiger partial charge in [0.15, 0.2) is 17.2 Å². The number of nitrogen functional groups attached to an aromatic ring is 1. The molecule has 192 valence electrons. The number of carbonyl (C=O) groups is 1. The lowest BCUT2D eigenvalue weighted by molar-refractivity contribution is -0.280. The van der Waals surface area contributed by atoms with Gasteiger partial charge in [-0.1, -0.05) is 19.9 Å². The quantitative estimate of drug-likeness (QED) is 0.364. The smallest absolute Gasteiger partial charge is 0.419 e. The van der Waals surface area contributed by atoms with Crippen LogP contribution >= 0.6 is 0 Å². The zero-order valence-corrected chi connectivity index (χ0v) is 19.3. The monoisotopic (exact) mass is 511 g/mol. The van der Waals surface area contributed by atoms with E-state index < -0.39 is 47.3 Å². The minimum atomic E-state index is -5.17. The van der Waals surface area contributed by atoms with E-state index in [4.69, 9.17) is 10.5 Å². The molecule has 2 unspecified atom stereocenters. The maximum absolute atomic E-state index is 14.5. The van der Waals surface area contributed by atoms with E-state index in [0.29, 0.717) is 0 Å². The lowest BCUT2D eigenvalue weighted by Crippen LogP contribution is -2.60. The average Bonchev–Trinajstić information content (AvgIpc) is 3.17. The van der Waals surface area contributed by atoms with Gasteiger partial charge in [0.25, 0.3) is 5.91 Å². The van der Waals surface area contributed by atoms with Gasteiger partial charge in [0, 0.05) is 5.56 Å². The second kappa shape index (κ2) is 8.43. The molecule has 2 atom stereocenters. The van der Waals surface area contributed by atoms with Crippen molar-refractivity contribution in [3.8, 4) is 11.4 Å². The maximum atomic E-state index is 14.5. The number of benzene rings is 1. The van der Waals surface area contributed by atoms with Crippen LogP contribution in [0.4, 0.5) is 27.8 Å². The number of rotatable bonds is 4. The number of halogens is 5. The summed E-state index contributed by atoms with van der Waals surface area (Å²) < 4.78 is 76.6. The molecule has 0 aliphatic heterocycles. The number of aromatic nitrogens is 3. The SMILES string of the molecule is COc1c(F)ccc2c1C(C)(C)CC(O)(C(F)(F)F)C2NC(=O)c1cnn(-c2ccc(F)nc2)c1N. The lowest BCUT2D eigenvalue weighted by atomic mass is 9.63. The highest BCUT2D eigenvalue weighted by atomic mass is 19.4. The van der Waals surface area contributed by atoms with Gasteiger partial charge in [0.05, 0.1) is 31.2 Å². The number of fused-ring (bicyclic) bond motifs is 1. The molecular formula is C23H22F5N5O3. The highest BCUT2D eigenvalue weighted by Gasteiger charge is 2.64. The predicted octanol–water partition coefficient (Wildman–Crippen LogP) is 3.58. The maximum Gasteiger partial charge on any atom is 0.419 e. The number of ether oxygens (including phenoxy) is 1. The van der Waals surface area contributed by atoms with Crippen LogP contribution in [0.25, 0.3) is 5.69 Å². The van der Waals surface area contributed by atoms with Crippen molar-refractivity contribution < 1.29 is 36.6 Å². The molecule has 4 N–H and O–H groups in total. The number of carbonyl (C=O) groups excluding carboxylic acids is 1. The normalized spacial score (nSPS) is 21.1. The third-order valence-electron chi connectivity index (χ3n) is 6.30. The van der Waals surface area contributed by atoms with Gasteiger partial charge in [-0.3, -0.25) is 4.79 Å². The van der Waals surface area contributed by atoms with Crippen molar-refractivity contribution in [3.63, 3.8) is 0 Å². The largest absolute Gasteiger partial charge is 0.493 e. The van der Waals surface area contributed by atoms with Crippen LogP contribution in [0.15, 0.2) is 36.7 Å². The van der Waals surface area contributed by atoms with Crippen LogP contribution in [-0.4, -0.2) is 44.7 Å². The molecule has 0 spiro atoms. The molecule has 1 aliphatic carbocycles. The summed E-state index contributed by atoms with van der Waals surface area (Å²) in [6, 6.07) is 2.27. The van der Waals surface area contributed by atoms with Crippen molar-refractivity contribution in [1.29, 1.82) is 0 Å². The molecule has 0 bridgehead atoms. The molecule has 2 heterocycles. The van der Waals surface area contributed by atoms with Crippen LogP contribution in [0, 0.1) is 11.8 Å². The zero-order chi connectivity index (χ0) is 26.6. The fourth-order valence-corrected chi connectivity index (χ4v) is 4.73. The van der Waals surface area contributed by atoms with Gasteiger partial charge in [-0.15, -0.1) is 0 Å². The van der Waals surface area contributed by atoms with Crippen molar-refractivity contribution in [2.24, 2.45) is 0 Å². The van der Waals surface area contributed by atoms with Gasteiger partial charge in [-0.05, 0) is 35.6 Å². The molecule has 36 heavy (non-hydrogen) atoms. The first-order valence-electron chi connectivity index (χ1n) is 10.6. The Balaban J connectivity index is 1.81. The van der Waals surface area contributed by atoms with Crippen LogP contribution in [0.1, 0.15) is 47.8 Å². The molecule has 0 saturated carbocycles. The molecule has 13 heteroatoms. The Bertz CT molecular complexity index is 1320. The number of nitrogens with one attached hydrogen (secondary N) is 1. The Morgan fingerprint density at radius 3 is 2.50 bits per heavy atom. The Kier molecular flexibility index (Phi) is 5.94. The molecule has 0 radical (unpaired) electrons. The molecule has 1 aromatic carbocycles. The van der Waals surface area contributed by atoms with Crippen molar-refractivity contribution in [3.05, 3.63) is 65.1 Å². The summed E-state index contributed by atoms with van der Waals surface area (Å²) in [6.45, 7) is 2.84. The number of alkyl halides is 3. The summed E-state index contributed by atoms with van der Waals surface area (Å²) in [5, 5.41) is 17.1. The van der Waals surface area contributed by atoms with Gasteiger partial charge in [-0.25, -0.2) is 14.1 Å². The minimum absolute atomic E-state index is 0.0882. The first-order valence-corrected chi connectivity index (χ1v) is 10.6. The second-order valence-electron chi connectivity index (χ2n) is 9.13. The van der Waals surface area contributed by atoms with E-state index in [1.165, 1.54) is 27.0 Å². The number of anilines is 1. The zero-order valence-electron chi connectivity index (χ0n) is 19.3. The molecule has 4 rings (SSSR count). The van der Waals surface area contributed by atoms with E-state index in [9.17, 15) is 31.9 Å². The number of aliphatic hydroxyl groups is 1. The van der Waals surface area contributed by atoms with E-state index in [1.807, 2.05) is 0 Å². The van der Waals surface area contributed by atoms with Crippen LogP contribution < -0.4 is 15.8 Å². The lowest BCUT2D eigenvalue weighted by Gasteiger charge is -2.48. The predicted molar refractivity (Wildman–Crippen MR) is 118 cm³/mol. The Morgan fingerprint density at radius 2 is 1.92 bits per heavy atom. The first kappa shape index (κ1) is 25.4. The standard InChI is InChI=1S/C23H22F5N5O3/c1-21(2)10-22(35,23(26,27)28)18(12-5-6-14(24)17(36-3)16(12)21)32-20(34)13-9-31-33(19(13)29)11-4-7-15(25)30-8-11/h4-9,18,35H,10,29H2,1-3H3,(H,32,34). The first-order chi connectivity index (χ1) is 16.7. The molecule has 1 amide bonds. The summed E-state index contributed by atoms with van der Waals surface area (Å²) in [4.78, 5) is 16.6. The van der Waals surface area contributed by atoms with Gasteiger partial charge in [-0.2, -0.15) is 22.7 Å². The fourth-order valence-electron chi connectivity index (χ4n) is 4.73. The number of amides is 1. The third kappa shape index (κ3) is 3.92. The van der Waals surface area contributed by atoms with Crippen LogP contribution in [-0.2, 0) is 5.41 Å². The van der Waals surface area contributed by atoms with Crippen molar-refractivity contribution in [2.75, 3.05) is 12.8 Å². The number of nitrogens with zero attached hydrogens (tertiary/aromatic N) is 3.